The minimum Gasteiger partial charge on any atom is -0.478 e. The van der Waals surface area contributed by atoms with Crippen LogP contribution in [-0.4, -0.2) is 45.9 Å². The maximum atomic E-state index is 14.5. The lowest BCUT2D eigenvalue weighted by molar-refractivity contribution is -0.131. The van der Waals surface area contributed by atoms with Gasteiger partial charge < -0.3 is 18.4 Å². The smallest absolute Gasteiger partial charge is 0.478 e. The first kappa shape index (κ1) is 25.9. The quantitative estimate of drug-likeness (QED) is 0.299. The van der Waals surface area contributed by atoms with Gasteiger partial charge in [-0.3, -0.25) is 0 Å². The number of hydrogen-bond donors (Lipinski definition) is 1. The lowest BCUT2D eigenvalue weighted by atomic mass is 9.93. The highest BCUT2D eigenvalue weighted by atomic mass is 28.4. The maximum absolute atomic E-state index is 14.5. The molecule has 5 nitrogen and oxygen atoms in total. The molecule has 0 spiro atoms. The highest BCUT2D eigenvalue weighted by Gasteiger charge is 2.51. The number of halogens is 1. The Labute approximate surface area is 191 Å². The van der Waals surface area contributed by atoms with Crippen molar-refractivity contribution in [3.8, 4) is 11.1 Å². The second-order valence-corrected chi connectivity index (χ2v) is 10.1. The van der Waals surface area contributed by atoms with Crippen LogP contribution in [0.25, 0.3) is 17.2 Å². The van der Waals surface area contributed by atoms with Gasteiger partial charge in [-0.05, 0) is 62.4 Å². The first-order valence-electron chi connectivity index (χ1n) is 11.0. The fourth-order valence-corrected chi connectivity index (χ4v) is 7.13. The van der Waals surface area contributed by atoms with E-state index in [-0.39, 0.29) is 6.42 Å². The Morgan fingerprint density at radius 3 is 2.12 bits per heavy atom. The monoisotopic (exact) mass is 460 g/mol. The normalized spacial score (nSPS) is 13.9. The van der Waals surface area contributed by atoms with Gasteiger partial charge in [-0.1, -0.05) is 48.5 Å². The number of carboxylic acids is 1. The average Bonchev–Trinajstić information content (AvgIpc) is 2.77. The van der Waals surface area contributed by atoms with Gasteiger partial charge >= 0.3 is 14.8 Å². The van der Waals surface area contributed by atoms with E-state index in [1.807, 2.05) is 69.3 Å². The zero-order valence-corrected chi connectivity index (χ0v) is 20.2. The van der Waals surface area contributed by atoms with E-state index in [0.29, 0.717) is 25.4 Å². The third kappa shape index (κ3) is 6.84. The predicted octanol–water partition coefficient (Wildman–Crippen LogP) is 5.87. The van der Waals surface area contributed by atoms with Crippen LogP contribution in [-0.2, 0) is 18.1 Å². The van der Waals surface area contributed by atoms with Crippen molar-refractivity contribution in [2.45, 2.75) is 45.8 Å². The molecule has 0 saturated heterocycles. The molecule has 0 saturated carbocycles. The van der Waals surface area contributed by atoms with Crippen molar-refractivity contribution in [3.05, 3.63) is 65.7 Å². The van der Waals surface area contributed by atoms with E-state index in [2.05, 4.69) is 0 Å². The molecule has 0 aromatic heterocycles. The van der Waals surface area contributed by atoms with Gasteiger partial charge in [-0.15, -0.1) is 0 Å². The fourth-order valence-electron chi connectivity index (χ4n) is 3.84. The Bertz CT molecular complexity index is 868. The van der Waals surface area contributed by atoms with Crippen LogP contribution in [0.15, 0.2) is 54.6 Å². The summed E-state index contributed by atoms with van der Waals surface area (Å²) in [5, 5.41) is 9.05. The van der Waals surface area contributed by atoms with E-state index in [1.54, 1.807) is 0 Å². The summed E-state index contributed by atoms with van der Waals surface area (Å²) >= 11 is 0. The van der Waals surface area contributed by atoms with Gasteiger partial charge in [0.2, 0.25) is 0 Å². The molecule has 0 aliphatic heterocycles. The third-order valence-corrected chi connectivity index (χ3v) is 8.45. The van der Waals surface area contributed by atoms with Crippen LogP contribution in [0.2, 0.25) is 0 Å². The lowest BCUT2D eigenvalue weighted by Crippen LogP contribution is -2.52. The van der Waals surface area contributed by atoms with Gasteiger partial charge in [0.15, 0.2) is 0 Å². The number of benzene rings is 2. The second-order valence-electron chi connectivity index (χ2n) is 7.36. The van der Waals surface area contributed by atoms with Crippen LogP contribution in [0.1, 0.15) is 50.8 Å². The zero-order chi connectivity index (χ0) is 23.6. The molecule has 2 rings (SSSR count). The number of alkyl halides is 1. The predicted molar refractivity (Wildman–Crippen MR) is 127 cm³/mol. The Balaban J connectivity index is 2.77. The molecule has 32 heavy (non-hydrogen) atoms. The number of rotatable bonds is 13. The summed E-state index contributed by atoms with van der Waals surface area (Å²) in [5.74, 6) is -1.03. The summed E-state index contributed by atoms with van der Waals surface area (Å²) in [5.41, 5.74) is 2.96. The number of hydrogen-bond acceptors (Lipinski definition) is 4. The number of carbonyl (C=O) groups is 1. The standard InChI is InChI=1S/C25H33FO5Si/c1-5-29-32(30-6-2,31-7-3)24(17-19(4)26)23-18-20(14-16-25(27)28)13-15-22(23)21-11-9-8-10-12-21/h8-16,18-19,24H,5-7,17H2,1-4H3,(H,27,28)/b16-14+. The molecular formula is C25H33FO5Si. The van der Waals surface area contributed by atoms with Gasteiger partial charge in [0.05, 0.1) is 11.7 Å². The zero-order valence-electron chi connectivity index (χ0n) is 19.2. The summed E-state index contributed by atoms with van der Waals surface area (Å²) in [6.45, 7) is 8.28. The van der Waals surface area contributed by atoms with E-state index < -0.39 is 26.5 Å². The second kappa shape index (κ2) is 12.6. The summed E-state index contributed by atoms with van der Waals surface area (Å²) in [6, 6.07) is 15.5. The first-order valence-corrected chi connectivity index (χ1v) is 12.8. The van der Waals surface area contributed by atoms with Crippen LogP contribution in [0.4, 0.5) is 4.39 Å². The Morgan fingerprint density at radius 1 is 1.03 bits per heavy atom. The van der Waals surface area contributed by atoms with Gasteiger partial charge in [0.1, 0.15) is 0 Å². The van der Waals surface area contributed by atoms with Crippen molar-refractivity contribution in [2.24, 2.45) is 0 Å². The molecule has 0 heterocycles. The van der Waals surface area contributed by atoms with Crippen molar-refractivity contribution in [2.75, 3.05) is 19.8 Å². The van der Waals surface area contributed by atoms with E-state index in [1.165, 1.54) is 13.0 Å². The van der Waals surface area contributed by atoms with Gasteiger partial charge in [-0.25, -0.2) is 9.18 Å². The van der Waals surface area contributed by atoms with Crippen molar-refractivity contribution >= 4 is 20.8 Å². The van der Waals surface area contributed by atoms with Crippen molar-refractivity contribution < 1.29 is 27.6 Å². The van der Waals surface area contributed by atoms with E-state index in [4.69, 9.17) is 18.4 Å². The van der Waals surface area contributed by atoms with Crippen LogP contribution < -0.4 is 0 Å². The molecule has 0 bridgehead atoms. The highest BCUT2D eigenvalue weighted by Crippen LogP contribution is 2.40. The largest absolute Gasteiger partial charge is 0.508 e. The van der Waals surface area contributed by atoms with E-state index in [0.717, 1.165) is 22.8 Å². The molecule has 7 heteroatoms. The molecular weight excluding hydrogens is 427 g/mol. The topological polar surface area (TPSA) is 65.0 Å². The molecule has 0 radical (unpaired) electrons. The van der Waals surface area contributed by atoms with Gasteiger partial charge in [-0.2, -0.15) is 0 Å². The molecule has 2 atom stereocenters. The molecule has 1 N–H and O–H groups in total. The highest BCUT2D eigenvalue weighted by molar-refractivity contribution is 6.62. The minimum atomic E-state index is -3.34. The van der Waals surface area contributed by atoms with Crippen LogP contribution in [0, 0.1) is 0 Å². The van der Waals surface area contributed by atoms with E-state index >= 15 is 0 Å². The number of aliphatic carboxylic acids is 1. The lowest BCUT2D eigenvalue weighted by Gasteiger charge is -2.37. The Hall–Kier alpha value is -2.32. The van der Waals surface area contributed by atoms with Crippen LogP contribution >= 0.6 is 0 Å². The summed E-state index contributed by atoms with van der Waals surface area (Å²) in [6.07, 6.45) is 1.67. The molecule has 0 amide bonds. The molecule has 2 aromatic rings. The average molecular weight is 461 g/mol. The number of carboxylic acid groups (broad SMARTS) is 1. The van der Waals surface area contributed by atoms with Crippen molar-refractivity contribution in [1.82, 2.24) is 0 Å². The van der Waals surface area contributed by atoms with Gasteiger partial charge in [0.25, 0.3) is 0 Å². The summed E-state index contributed by atoms with van der Waals surface area (Å²) < 4.78 is 33.1. The SMILES string of the molecule is CCO[Si](OCC)(OCC)C(CC(C)F)c1cc(/C=C/C(=O)O)ccc1-c1ccccc1. The molecule has 0 fully saturated rings. The third-order valence-electron chi connectivity index (χ3n) is 4.98. The van der Waals surface area contributed by atoms with Crippen LogP contribution in [0.5, 0.6) is 0 Å². The molecule has 2 aromatic carbocycles. The molecule has 174 valence electrons. The first-order chi connectivity index (χ1) is 15.4. The fraction of sp³-hybridized carbons (Fsp3) is 0.400. The maximum Gasteiger partial charge on any atom is 0.508 e. The molecule has 0 aliphatic carbocycles. The minimum absolute atomic E-state index is 0.165. The molecule has 2 unspecified atom stereocenters. The van der Waals surface area contributed by atoms with Gasteiger partial charge in [0, 0.05) is 25.9 Å². The van der Waals surface area contributed by atoms with Crippen molar-refractivity contribution in [3.63, 3.8) is 0 Å². The van der Waals surface area contributed by atoms with Crippen LogP contribution in [0.3, 0.4) is 0 Å². The van der Waals surface area contributed by atoms with Crippen molar-refractivity contribution in [1.29, 1.82) is 0 Å². The summed E-state index contributed by atoms with van der Waals surface area (Å²) in [4.78, 5) is 11.1. The Kier molecular flexibility index (Phi) is 10.2. The molecule has 0 aliphatic rings. The van der Waals surface area contributed by atoms with E-state index in [9.17, 15) is 9.18 Å². The summed E-state index contributed by atoms with van der Waals surface area (Å²) in [7, 11) is -3.34. The Morgan fingerprint density at radius 2 is 1.62 bits per heavy atom.